The van der Waals surface area contributed by atoms with Crippen LogP contribution < -0.4 is 5.32 Å². The van der Waals surface area contributed by atoms with Crippen molar-refractivity contribution < 1.29 is 39.8 Å². The van der Waals surface area contributed by atoms with Gasteiger partial charge in [-0.15, -0.1) is 0 Å². The van der Waals surface area contributed by atoms with Crippen LogP contribution in [0.4, 0.5) is 0 Å². The van der Waals surface area contributed by atoms with E-state index >= 15 is 0 Å². The predicted molar refractivity (Wildman–Crippen MR) is 410 cm³/mol. The van der Waals surface area contributed by atoms with Crippen molar-refractivity contribution in [3.05, 3.63) is 97.2 Å². The Morgan fingerprint density at radius 2 is 0.663 bits per heavy atom. The first kappa shape index (κ1) is 90.1. The summed E-state index contributed by atoms with van der Waals surface area (Å²) in [5, 5.41) is 54.9. The molecule has 1 saturated heterocycles. The second-order valence-electron chi connectivity index (χ2n) is 28.2. The molecule has 1 aliphatic rings. The fourth-order valence-electron chi connectivity index (χ4n) is 12.8. The lowest BCUT2D eigenvalue weighted by molar-refractivity contribution is -0.302. The summed E-state index contributed by atoms with van der Waals surface area (Å²) in [6.45, 7) is 3.70. The van der Waals surface area contributed by atoms with Crippen molar-refractivity contribution in [3.63, 3.8) is 0 Å². The van der Waals surface area contributed by atoms with E-state index in [0.717, 1.165) is 77.0 Å². The van der Waals surface area contributed by atoms with E-state index in [2.05, 4.69) is 104 Å². The standard InChI is InChI=1S/C86H155NO8/c1-3-5-7-9-11-13-15-17-19-21-23-25-27-29-31-33-35-36-37-38-39-40-41-42-43-44-46-48-50-52-54-56-58-60-62-64-66-68-70-72-74-76-82(90)87-79(78-94-86-85(93)84(92)83(91)81(77-88)95-86)80(89)75-73-71-69-67-65-63-61-59-57-55-53-51-49-47-45-34-32-30-28-26-24-22-20-18-16-14-12-10-8-6-4-2/h5,7,11,13,17,19,23,25,29,31,35-36,65,67,73,75,79-81,83-86,88-89,91-93H,3-4,6,8-10,12,14-16,18,20-22,24,26-28,30,32-34,37-64,66,68-72,74,76-78H2,1-2H3,(H,87,90)/b7-5-,13-11-,19-17-,25-23-,31-29-,36-35-,67-65+,75-73+. The van der Waals surface area contributed by atoms with Crippen LogP contribution in [0.15, 0.2) is 97.2 Å². The highest BCUT2D eigenvalue weighted by atomic mass is 16.7. The highest BCUT2D eigenvalue weighted by Gasteiger charge is 2.44. The lowest BCUT2D eigenvalue weighted by atomic mass is 9.99. The summed E-state index contributed by atoms with van der Waals surface area (Å²) in [7, 11) is 0. The molecule has 1 heterocycles. The Hall–Kier alpha value is -2.89. The van der Waals surface area contributed by atoms with Gasteiger partial charge in [0.25, 0.3) is 0 Å². The summed E-state index contributed by atoms with van der Waals surface area (Å²) in [6, 6.07) is -0.826. The first-order valence-corrected chi connectivity index (χ1v) is 41.0. The fourth-order valence-corrected chi connectivity index (χ4v) is 12.8. The van der Waals surface area contributed by atoms with E-state index in [9.17, 15) is 30.3 Å². The van der Waals surface area contributed by atoms with Gasteiger partial charge in [-0.3, -0.25) is 4.79 Å². The van der Waals surface area contributed by atoms with Crippen LogP contribution in [0.3, 0.4) is 0 Å². The number of amides is 1. The Morgan fingerprint density at radius 3 is 1.01 bits per heavy atom. The molecule has 1 amide bonds. The molecule has 9 nitrogen and oxygen atoms in total. The van der Waals surface area contributed by atoms with Crippen molar-refractivity contribution in [3.8, 4) is 0 Å². The number of aliphatic hydroxyl groups is 5. The van der Waals surface area contributed by atoms with Crippen LogP contribution in [0.1, 0.15) is 386 Å². The van der Waals surface area contributed by atoms with Gasteiger partial charge >= 0.3 is 0 Å². The summed E-state index contributed by atoms with van der Waals surface area (Å²) in [4.78, 5) is 13.2. The van der Waals surface area contributed by atoms with Gasteiger partial charge in [-0.25, -0.2) is 0 Å². The number of carbonyl (C=O) groups excluding carboxylic acids is 1. The monoisotopic (exact) mass is 1330 g/mol. The van der Waals surface area contributed by atoms with Gasteiger partial charge in [-0.1, -0.05) is 394 Å². The maximum absolute atomic E-state index is 13.2. The number of carbonyl (C=O) groups is 1. The fraction of sp³-hybridized carbons (Fsp3) is 0.802. The number of aliphatic hydroxyl groups excluding tert-OH is 5. The summed E-state index contributed by atoms with van der Waals surface area (Å²) in [5.41, 5.74) is 0. The van der Waals surface area contributed by atoms with Crippen LogP contribution in [-0.2, 0) is 14.3 Å². The van der Waals surface area contributed by atoms with Crippen molar-refractivity contribution in [2.75, 3.05) is 13.2 Å². The molecule has 0 bridgehead atoms. The molecule has 0 aromatic heterocycles. The maximum Gasteiger partial charge on any atom is 0.220 e. The van der Waals surface area contributed by atoms with E-state index < -0.39 is 49.5 Å². The van der Waals surface area contributed by atoms with Gasteiger partial charge in [0.2, 0.25) is 5.91 Å². The Labute approximate surface area is 587 Å². The summed E-state index contributed by atoms with van der Waals surface area (Å²) < 4.78 is 11.3. The van der Waals surface area contributed by atoms with Crippen LogP contribution in [-0.4, -0.2) is 87.5 Å². The minimum atomic E-state index is -1.58. The molecule has 1 aliphatic heterocycles. The second-order valence-corrected chi connectivity index (χ2v) is 28.2. The largest absolute Gasteiger partial charge is 0.394 e. The number of ether oxygens (including phenoxy) is 2. The molecular formula is C86H155NO8. The maximum atomic E-state index is 13.2. The molecule has 1 rings (SSSR count). The Balaban J connectivity index is 2.07. The number of hydrogen-bond donors (Lipinski definition) is 6. The molecule has 9 heteroatoms. The predicted octanol–water partition coefficient (Wildman–Crippen LogP) is 23.8. The molecule has 0 aromatic carbocycles. The van der Waals surface area contributed by atoms with Crippen molar-refractivity contribution in [2.24, 2.45) is 0 Å². The molecule has 0 aliphatic carbocycles. The molecule has 0 spiro atoms. The highest BCUT2D eigenvalue weighted by molar-refractivity contribution is 5.76. The van der Waals surface area contributed by atoms with E-state index in [1.54, 1.807) is 6.08 Å². The van der Waals surface area contributed by atoms with Gasteiger partial charge in [-0.05, 0) is 83.5 Å². The molecule has 0 aromatic rings. The van der Waals surface area contributed by atoms with E-state index in [-0.39, 0.29) is 12.5 Å². The first-order chi connectivity index (χ1) is 46.8. The zero-order valence-electron chi connectivity index (χ0n) is 62.2. The van der Waals surface area contributed by atoms with Gasteiger partial charge in [0.1, 0.15) is 24.4 Å². The third kappa shape index (κ3) is 61.9. The average molecular weight is 1330 g/mol. The number of unbranched alkanes of at least 4 members (excludes halogenated alkanes) is 48. The van der Waals surface area contributed by atoms with Crippen LogP contribution >= 0.6 is 0 Å². The van der Waals surface area contributed by atoms with Gasteiger partial charge in [0.05, 0.1) is 25.4 Å². The molecule has 7 unspecified atom stereocenters. The third-order valence-electron chi connectivity index (χ3n) is 19.1. The van der Waals surface area contributed by atoms with E-state index in [1.807, 2.05) is 6.08 Å². The second kappa shape index (κ2) is 73.8. The van der Waals surface area contributed by atoms with Crippen molar-refractivity contribution in [1.29, 1.82) is 0 Å². The molecule has 7 atom stereocenters. The van der Waals surface area contributed by atoms with Crippen LogP contribution in [0.2, 0.25) is 0 Å². The molecule has 552 valence electrons. The molecular weight excluding hydrogens is 1170 g/mol. The average Bonchev–Trinajstić information content (AvgIpc) is 0.836. The first-order valence-electron chi connectivity index (χ1n) is 41.0. The van der Waals surface area contributed by atoms with Crippen LogP contribution in [0.25, 0.3) is 0 Å². The van der Waals surface area contributed by atoms with Crippen molar-refractivity contribution in [1.82, 2.24) is 5.32 Å². The van der Waals surface area contributed by atoms with Crippen LogP contribution in [0.5, 0.6) is 0 Å². The summed E-state index contributed by atoms with van der Waals surface area (Å²) >= 11 is 0. The smallest absolute Gasteiger partial charge is 0.220 e. The van der Waals surface area contributed by atoms with Crippen molar-refractivity contribution in [2.45, 2.75) is 429 Å². The van der Waals surface area contributed by atoms with E-state index in [4.69, 9.17) is 9.47 Å². The topological polar surface area (TPSA) is 149 Å². The quantitative estimate of drug-likeness (QED) is 0.0261. The van der Waals surface area contributed by atoms with Crippen LogP contribution in [0, 0.1) is 0 Å². The van der Waals surface area contributed by atoms with E-state index in [1.165, 1.54) is 289 Å². The number of nitrogens with one attached hydrogen (secondary N) is 1. The summed E-state index contributed by atoms with van der Waals surface area (Å²) in [6.07, 6.45) is 101. The van der Waals surface area contributed by atoms with Gasteiger partial charge in [0, 0.05) is 6.42 Å². The molecule has 0 radical (unpaired) electrons. The van der Waals surface area contributed by atoms with Crippen molar-refractivity contribution >= 4 is 5.91 Å². The van der Waals surface area contributed by atoms with Gasteiger partial charge < -0.3 is 40.3 Å². The Kier molecular flexibility index (Phi) is 70.0. The Morgan fingerprint density at radius 1 is 0.368 bits per heavy atom. The molecule has 6 N–H and O–H groups in total. The normalized spacial score (nSPS) is 18.0. The zero-order chi connectivity index (χ0) is 68.5. The zero-order valence-corrected chi connectivity index (χ0v) is 62.2. The summed E-state index contributed by atoms with van der Waals surface area (Å²) in [5.74, 6) is -0.181. The highest BCUT2D eigenvalue weighted by Crippen LogP contribution is 2.24. The number of rotatable bonds is 72. The Bertz CT molecular complexity index is 1840. The molecule has 1 fully saturated rings. The number of allylic oxidation sites excluding steroid dienone is 15. The van der Waals surface area contributed by atoms with E-state index in [0.29, 0.717) is 6.42 Å². The SMILES string of the molecule is CC/C=C\C/C=C\C/C=C\C/C=C\C/C=C\C/C=C\CCCCCCCCCCCCCCCCCCCCCCCCC(=O)NC(COC1OC(CO)C(O)C(O)C1O)C(O)/C=C/CC/C=C/CCCCCCCCCCCCCCCCCCCCCCCCCCC. The molecule has 0 saturated carbocycles. The lowest BCUT2D eigenvalue weighted by Gasteiger charge is -2.40. The third-order valence-corrected chi connectivity index (χ3v) is 19.1. The van der Waals surface area contributed by atoms with Gasteiger partial charge in [-0.2, -0.15) is 0 Å². The minimum absolute atomic E-state index is 0.181. The lowest BCUT2D eigenvalue weighted by Crippen LogP contribution is -2.60. The number of hydrogen-bond acceptors (Lipinski definition) is 8. The van der Waals surface area contributed by atoms with Gasteiger partial charge in [0.15, 0.2) is 6.29 Å². The molecule has 95 heavy (non-hydrogen) atoms. The minimum Gasteiger partial charge on any atom is -0.394 e.